The number of nitrogens with one attached hydrogen (secondary N) is 1. The molecular formula is C19H32N6O3. The summed E-state index contributed by atoms with van der Waals surface area (Å²) in [5, 5.41) is 7.44. The number of rotatable bonds is 6. The van der Waals surface area contributed by atoms with Gasteiger partial charge in [0.1, 0.15) is 12.8 Å². The van der Waals surface area contributed by atoms with Gasteiger partial charge in [-0.2, -0.15) is 0 Å². The Hall–Kier alpha value is -2.13. The van der Waals surface area contributed by atoms with Crippen LogP contribution in [0.2, 0.25) is 0 Å². The number of nitrogens with zero attached hydrogens (tertiary/aromatic N) is 5. The van der Waals surface area contributed by atoms with Gasteiger partial charge in [-0.15, -0.1) is 0 Å². The van der Waals surface area contributed by atoms with Gasteiger partial charge in [0, 0.05) is 66.0 Å². The lowest BCUT2D eigenvalue weighted by atomic mass is 10.1. The third-order valence-electron chi connectivity index (χ3n) is 5.17. The Morgan fingerprint density at radius 3 is 2.79 bits per heavy atom. The van der Waals surface area contributed by atoms with Crippen molar-refractivity contribution >= 4 is 11.9 Å². The van der Waals surface area contributed by atoms with Crippen molar-refractivity contribution in [3.05, 3.63) is 18.0 Å². The van der Waals surface area contributed by atoms with Crippen molar-refractivity contribution in [2.24, 2.45) is 4.99 Å². The third kappa shape index (κ3) is 6.20. The first-order valence-electron chi connectivity index (χ1n) is 10.1. The number of aliphatic imine (C=N–C) groups is 1. The lowest BCUT2D eigenvalue weighted by Gasteiger charge is -2.36. The molecule has 2 saturated heterocycles. The van der Waals surface area contributed by atoms with Gasteiger partial charge in [-0.3, -0.25) is 9.69 Å². The normalized spacial score (nSPS) is 21.6. The van der Waals surface area contributed by atoms with Gasteiger partial charge in [0.2, 0.25) is 5.91 Å². The number of hydrogen-bond acceptors (Lipinski definition) is 6. The Balaban J connectivity index is 1.54. The zero-order valence-corrected chi connectivity index (χ0v) is 17.0. The average molecular weight is 393 g/mol. The molecular weight excluding hydrogens is 360 g/mol. The number of hydrogen-bond donors (Lipinski definition) is 1. The maximum atomic E-state index is 12.0. The maximum absolute atomic E-state index is 12.0. The van der Waals surface area contributed by atoms with Gasteiger partial charge < -0.3 is 24.4 Å². The Bertz CT molecular complexity index is 620. The molecule has 3 heterocycles. The van der Waals surface area contributed by atoms with Crippen LogP contribution >= 0.6 is 0 Å². The zero-order valence-electron chi connectivity index (χ0n) is 17.0. The Kier molecular flexibility index (Phi) is 7.67. The first-order valence-corrected chi connectivity index (χ1v) is 10.1. The summed E-state index contributed by atoms with van der Waals surface area (Å²) in [6.45, 7) is 6.03. The van der Waals surface area contributed by atoms with E-state index in [2.05, 4.69) is 25.3 Å². The molecule has 0 aliphatic carbocycles. The van der Waals surface area contributed by atoms with Gasteiger partial charge in [0.25, 0.3) is 0 Å². The van der Waals surface area contributed by atoms with Crippen LogP contribution in [0.1, 0.15) is 25.0 Å². The molecule has 1 aromatic heterocycles. The number of carbonyl (C=O) groups is 1. The summed E-state index contributed by atoms with van der Waals surface area (Å²) in [5.41, 5.74) is 0.950. The Morgan fingerprint density at radius 1 is 1.32 bits per heavy atom. The van der Waals surface area contributed by atoms with Gasteiger partial charge in [-0.1, -0.05) is 5.16 Å². The first-order chi connectivity index (χ1) is 13.6. The van der Waals surface area contributed by atoms with Crippen LogP contribution < -0.4 is 5.32 Å². The van der Waals surface area contributed by atoms with Crippen molar-refractivity contribution in [1.29, 1.82) is 0 Å². The Labute approximate surface area is 166 Å². The van der Waals surface area contributed by atoms with E-state index in [9.17, 15) is 4.79 Å². The molecule has 0 saturated carbocycles. The first kappa shape index (κ1) is 20.6. The van der Waals surface area contributed by atoms with Crippen LogP contribution in [0.5, 0.6) is 0 Å². The fourth-order valence-corrected chi connectivity index (χ4v) is 3.39. The number of ether oxygens (including phenoxy) is 1. The van der Waals surface area contributed by atoms with E-state index in [0.717, 1.165) is 70.4 Å². The molecule has 28 heavy (non-hydrogen) atoms. The van der Waals surface area contributed by atoms with Crippen molar-refractivity contribution in [2.75, 3.05) is 60.0 Å². The van der Waals surface area contributed by atoms with E-state index in [1.807, 2.05) is 6.07 Å². The van der Waals surface area contributed by atoms with Crippen molar-refractivity contribution in [1.82, 2.24) is 25.2 Å². The highest BCUT2D eigenvalue weighted by atomic mass is 16.5. The van der Waals surface area contributed by atoms with Crippen LogP contribution in [0, 0.1) is 0 Å². The number of amides is 1. The summed E-state index contributed by atoms with van der Waals surface area (Å²) in [6, 6.07) is 1.90. The van der Waals surface area contributed by atoms with Crippen molar-refractivity contribution < 1.29 is 14.1 Å². The number of piperazine rings is 1. The van der Waals surface area contributed by atoms with Crippen LogP contribution in [0.15, 0.2) is 21.8 Å². The van der Waals surface area contributed by atoms with Crippen LogP contribution in [-0.2, 0) is 16.1 Å². The fraction of sp³-hybridized carbons (Fsp3) is 0.737. The van der Waals surface area contributed by atoms with E-state index < -0.39 is 0 Å². The summed E-state index contributed by atoms with van der Waals surface area (Å²) < 4.78 is 10.7. The number of carbonyl (C=O) groups excluding carboxylic acids is 1. The van der Waals surface area contributed by atoms with Gasteiger partial charge in [-0.25, -0.2) is 4.99 Å². The highest BCUT2D eigenvalue weighted by Crippen LogP contribution is 2.12. The summed E-state index contributed by atoms with van der Waals surface area (Å²) in [4.78, 5) is 22.7. The van der Waals surface area contributed by atoms with Crippen LogP contribution in [0.3, 0.4) is 0 Å². The SMILES string of the molecule is CN(C)C(=O)CN=C(NCC1CCCCO1)N1CCN(Cc2ccon2)CC1. The predicted octanol–water partition coefficient (Wildman–Crippen LogP) is 0.395. The fourth-order valence-electron chi connectivity index (χ4n) is 3.39. The largest absolute Gasteiger partial charge is 0.376 e. The van der Waals surface area contributed by atoms with Crippen LogP contribution in [0.25, 0.3) is 0 Å². The lowest BCUT2D eigenvalue weighted by Crippen LogP contribution is -2.53. The van der Waals surface area contributed by atoms with E-state index in [1.165, 1.54) is 6.42 Å². The molecule has 1 unspecified atom stereocenters. The van der Waals surface area contributed by atoms with E-state index in [4.69, 9.17) is 9.26 Å². The molecule has 0 radical (unpaired) electrons. The second-order valence-corrected chi connectivity index (χ2v) is 7.55. The molecule has 2 aliphatic rings. The molecule has 3 rings (SSSR count). The standard InChI is InChI=1S/C19H32N6O3/c1-23(2)18(26)14-21-19(20-13-17-5-3-4-11-27-17)25-9-7-24(8-10-25)15-16-6-12-28-22-16/h6,12,17H,3-5,7-11,13-15H2,1-2H3,(H,20,21). The summed E-state index contributed by atoms with van der Waals surface area (Å²) in [7, 11) is 3.51. The number of aromatic nitrogens is 1. The van der Waals surface area contributed by atoms with Crippen LogP contribution in [0.4, 0.5) is 0 Å². The van der Waals surface area contributed by atoms with Gasteiger partial charge in [0.05, 0.1) is 11.8 Å². The van der Waals surface area contributed by atoms with Crippen LogP contribution in [-0.4, -0.2) is 97.8 Å². The lowest BCUT2D eigenvalue weighted by molar-refractivity contribution is -0.127. The smallest absolute Gasteiger partial charge is 0.243 e. The molecule has 1 aromatic rings. The quantitative estimate of drug-likeness (QED) is 0.554. The molecule has 156 valence electrons. The molecule has 9 nitrogen and oxygen atoms in total. The van der Waals surface area contributed by atoms with E-state index >= 15 is 0 Å². The van der Waals surface area contributed by atoms with Crippen molar-refractivity contribution in [3.63, 3.8) is 0 Å². The predicted molar refractivity (Wildman–Crippen MR) is 106 cm³/mol. The summed E-state index contributed by atoms with van der Waals surface area (Å²) in [6.07, 6.45) is 5.25. The molecule has 2 fully saturated rings. The number of guanidine groups is 1. The second kappa shape index (κ2) is 10.4. The van der Waals surface area contributed by atoms with E-state index in [-0.39, 0.29) is 18.6 Å². The molecule has 0 bridgehead atoms. The highest BCUT2D eigenvalue weighted by molar-refractivity contribution is 5.85. The second-order valence-electron chi connectivity index (χ2n) is 7.55. The third-order valence-corrected chi connectivity index (χ3v) is 5.17. The molecule has 1 atom stereocenters. The Morgan fingerprint density at radius 2 is 2.14 bits per heavy atom. The van der Waals surface area contributed by atoms with E-state index in [1.54, 1.807) is 25.3 Å². The van der Waals surface area contributed by atoms with Crippen molar-refractivity contribution in [3.8, 4) is 0 Å². The van der Waals surface area contributed by atoms with Gasteiger partial charge in [0.15, 0.2) is 5.96 Å². The minimum Gasteiger partial charge on any atom is -0.376 e. The average Bonchev–Trinajstić information content (AvgIpc) is 3.22. The van der Waals surface area contributed by atoms with Crippen molar-refractivity contribution in [2.45, 2.75) is 31.9 Å². The number of likely N-dealkylation sites (N-methyl/N-ethyl adjacent to an activating group) is 1. The molecule has 0 aromatic carbocycles. The topological polar surface area (TPSA) is 86.4 Å². The molecule has 0 spiro atoms. The molecule has 1 N–H and O–H groups in total. The zero-order chi connectivity index (χ0) is 19.8. The molecule has 1 amide bonds. The van der Waals surface area contributed by atoms with E-state index in [0.29, 0.717) is 0 Å². The summed E-state index contributed by atoms with van der Waals surface area (Å²) in [5.74, 6) is 0.795. The maximum Gasteiger partial charge on any atom is 0.243 e. The minimum atomic E-state index is -0.00196. The summed E-state index contributed by atoms with van der Waals surface area (Å²) >= 11 is 0. The van der Waals surface area contributed by atoms with Gasteiger partial charge in [-0.05, 0) is 19.3 Å². The molecule has 2 aliphatic heterocycles. The molecule has 9 heteroatoms. The highest BCUT2D eigenvalue weighted by Gasteiger charge is 2.22. The monoisotopic (exact) mass is 392 g/mol. The van der Waals surface area contributed by atoms with Gasteiger partial charge >= 0.3 is 0 Å². The minimum absolute atomic E-state index is 0.00196.